The van der Waals surface area contributed by atoms with Crippen LogP contribution in [0.4, 0.5) is 0 Å². The molecule has 0 radical (unpaired) electrons. The molecule has 0 aromatic carbocycles. The van der Waals surface area contributed by atoms with Gasteiger partial charge in [0.1, 0.15) is 0 Å². The first-order valence-corrected chi connectivity index (χ1v) is 18.0. The fourth-order valence-electron chi connectivity index (χ4n) is 3.57. The Kier molecular flexibility index (Phi) is 8.67. The zero-order chi connectivity index (χ0) is 16.7. The molecular weight excluding hydrogens is 360 g/mol. The second-order valence-corrected chi connectivity index (χ2v) is 17.3. The summed E-state index contributed by atoms with van der Waals surface area (Å²) >= 11 is 0. The van der Waals surface area contributed by atoms with Gasteiger partial charge >= 0.3 is 8.56 Å². The van der Waals surface area contributed by atoms with Crippen LogP contribution in [0, 0.1) is 5.92 Å². The Bertz CT molecular complexity index is 329. The second-order valence-electron chi connectivity index (χ2n) is 7.03. The van der Waals surface area contributed by atoms with Crippen molar-refractivity contribution in [1.29, 1.82) is 0 Å². The Morgan fingerprint density at radius 3 is 2.17 bits per heavy atom. The molecule has 9 heteroatoms. The molecule has 5 nitrogen and oxygen atoms in total. The first-order chi connectivity index (χ1) is 11.0. The average molecular weight is 395 g/mol. The third kappa shape index (κ3) is 7.61. The molecule has 2 aliphatic rings. The molecule has 1 aliphatic heterocycles. The van der Waals surface area contributed by atoms with Crippen LogP contribution in [0.5, 0.6) is 0 Å². The van der Waals surface area contributed by atoms with E-state index >= 15 is 0 Å². The van der Waals surface area contributed by atoms with E-state index in [1.165, 1.54) is 32.1 Å². The van der Waals surface area contributed by atoms with Crippen molar-refractivity contribution in [2.75, 3.05) is 13.2 Å². The van der Waals surface area contributed by atoms with Crippen LogP contribution in [-0.2, 0) is 21.2 Å². The molecule has 1 aliphatic carbocycles. The Labute approximate surface area is 147 Å². The van der Waals surface area contributed by atoms with Crippen molar-refractivity contribution >= 4 is 36.4 Å². The zero-order valence-corrected chi connectivity index (χ0v) is 19.7. The molecule has 2 fully saturated rings. The van der Waals surface area contributed by atoms with Gasteiger partial charge in [-0.25, -0.2) is 0 Å². The van der Waals surface area contributed by atoms with Gasteiger partial charge < -0.3 is 21.2 Å². The SMILES string of the molecule is C[SiH]1O[SiH](C)O[Si](C)(CCCOCC2CCCCC2)O[SiH](C)O1. The van der Waals surface area contributed by atoms with Crippen molar-refractivity contribution < 1.29 is 21.2 Å². The summed E-state index contributed by atoms with van der Waals surface area (Å²) in [5.41, 5.74) is 0. The van der Waals surface area contributed by atoms with Gasteiger partial charge in [0.2, 0.25) is 0 Å². The molecule has 2 unspecified atom stereocenters. The molecule has 23 heavy (non-hydrogen) atoms. The molecule has 0 N–H and O–H groups in total. The van der Waals surface area contributed by atoms with E-state index in [-0.39, 0.29) is 0 Å². The minimum atomic E-state index is -2.15. The highest BCUT2D eigenvalue weighted by molar-refractivity contribution is 6.81. The minimum absolute atomic E-state index is 0.790. The van der Waals surface area contributed by atoms with Crippen molar-refractivity contribution in [1.82, 2.24) is 0 Å². The van der Waals surface area contributed by atoms with Crippen molar-refractivity contribution in [3.8, 4) is 0 Å². The first kappa shape index (κ1) is 20.0. The Morgan fingerprint density at radius 2 is 1.57 bits per heavy atom. The largest absolute Gasteiger partial charge is 0.420 e. The van der Waals surface area contributed by atoms with E-state index in [0.717, 1.165) is 31.6 Å². The number of rotatable bonds is 6. The number of hydrogen-bond acceptors (Lipinski definition) is 5. The molecule has 1 heterocycles. The van der Waals surface area contributed by atoms with Gasteiger partial charge in [0.05, 0.1) is 0 Å². The molecule has 1 saturated carbocycles. The van der Waals surface area contributed by atoms with Crippen molar-refractivity contribution in [3.05, 3.63) is 0 Å². The predicted octanol–water partition coefficient (Wildman–Crippen LogP) is 2.68. The van der Waals surface area contributed by atoms with Gasteiger partial charge in [0.25, 0.3) is 27.9 Å². The fourth-order valence-corrected chi connectivity index (χ4v) is 18.2. The van der Waals surface area contributed by atoms with E-state index in [2.05, 4.69) is 26.2 Å². The van der Waals surface area contributed by atoms with E-state index in [9.17, 15) is 0 Å². The average Bonchev–Trinajstić information content (AvgIpc) is 2.45. The first-order valence-electron chi connectivity index (χ1n) is 9.21. The summed E-state index contributed by atoms with van der Waals surface area (Å²) in [4.78, 5) is 0. The van der Waals surface area contributed by atoms with Crippen LogP contribution in [-0.4, -0.2) is 49.6 Å². The van der Waals surface area contributed by atoms with Gasteiger partial charge in [-0.2, -0.15) is 0 Å². The van der Waals surface area contributed by atoms with Crippen LogP contribution in [0.3, 0.4) is 0 Å². The van der Waals surface area contributed by atoms with Gasteiger partial charge in [-0.1, -0.05) is 19.3 Å². The topological polar surface area (TPSA) is 46.2 Å². The quantitative estimate of drug-likeness (QED) is 0.512. The maximum Gasteiger partial charge on any atom is 0.317 e. The second kappa shape index (κ2) is 9.97. The smallest absolute Gasteiger partial charge is 0.317 e. The minimum Gasteiger partial charge on any atom is -0.420 e. The third-order valence-corrected chi connectivity index (χ3v) is 18.6. The summed E-state index contributed by atoms with van der Waals surface area (Å²) < 4.78 is 30.4. The fraction of sp³-hybridized carbons (Fsp3) is 1.00. The number of hydrogen-bond donors (Lipinski definition) is 0. The van der Waals surface area contributed by atoms with E-state index in [0.29, 0.717) is 0 Å². The molecule has 0 amide bonds. The van der Waals surface area contributed by atoms with Gasteiger partial charge in [-0.3, -0.25) is 0 Å². The lowest BCUT2D eigenvalue weighted by Crippen LogP contribution is -2.53. The van der Waals surface area contributed by atoms with Crippen molar-refractivity contribution in [3.63, 3.8) is 0 Å². The monoisotopic (exact) mass is 394 g/mol. The lowest BCUT2D eigenvalue weighted by atomic mass is 9.90. The highest BCUT2D eigenvalue weighted by Gasteiger charge is 2.38. The standard InChI is InChI=1S/C14H34O5Si4/c1-20-16-21(2)18-23(4,19-22(3)17-20)12-8-11-15-13-14-9-6-5-7-10-14/h14,20-22H,5-13H2,1-4H3. The molecular formula is C14H34O5Si4. The Morgan fingerprint density at radius 1 is 0.957 bits per heavy atom. The highest BCUT2D eigenvalue weighted by atomic mass is 28.5. The molecule has 0 spiro atoms. The zero-order valence-electron chi connectivity index (χ0n) is 15.2. The lowest BCUT2D eigenvalue weighted by Gasteiger charge is -2.37. The van der Waals surface area contributed by atoms with E-state index in [4.69, 9.17) is 21.2 Å². The molecule has 1 saturated heterocycles. The van der Waals surface area contributed by atoms with Gasteiger partial charge in [-0.15, -0.1) is 0 Å². The van der Waals surface area contributed by atoms with Crippen LogP contribution in [0.25, 0.3) is 0 Å². The molecule has 0 aromatic rings. The van der Waals surface area contributed by atoms with Crippen LogP contribution < -0.4 is 0 Å². The lowest BCUT2D eigenvalue weighted by molar-refractivity contribution is 0.0847. The van der Waals surface area contributed by atoms with Crippen molar-refractivity contribution in [2.45, 2.75) is 70.8 Å². The van der Waals surface area contributed by atoms with E-state index < -0.39 is 36.4 Å². The van der Waals surface area contributed by atoms with E-state index in [1.54, 1.807) is 0 Å². The summed E-state index contributed by atoms with van der Waals surface area (Å²) in [6, 6.07) is 0.981. The summed E-state index contributed by atoms with van der Waals surface area (Å²) in [5.74, 6) is 0.790. The summed E-state index contributed by atoms with van der Waals surface area (Å²) in [7, 11) is -6.89. The molecule has 2 rings (SSSR count). The highest BCUT2D eigenvalue weighted by Crippen LogP contribution is 2.24. The molecule has 136 valence electrons. The van der Waals surface area contributed by atoms with Crippen LogP contribution >= 0.6 is 0 Å². The van der Waals surface area contributed by atoms with Crippen LogP contribution in [0.15, 0.2) is 0 Å². The van der Waals surface area contributed by atoms with Gasteiger partial charge in [-0.05, 0) is 57.4 Å². The summed E-state index contributed by atoms with van der Waals surface area (Å²) in [5, 5.41) is 0. The molecule has 2 atom stereocenters. The third-order valence-electron chi connectivity index (χ3n) is 4.59. The maximum atomic E-state index is 6.28. The predicted molar refractivity (Wildman–Crippen MR) is 102 cm³/mol. The summed E-state index contributed by atoms with van der Waals surface area (Å²) in [6.45, 7) is 10.2. The summed E-state index contributed by atoms with van der Waals surface area (Å²) in [6.07, 6.45) is 7.89. The number of ether oxygens (including phenoxy) is 1. The van der Waals surface area contributed by atoms with Crippen LogP contribution in [0.1, 0.15) is 38.5 Å². The molecule has 0 bridgehead atoms. The van der Waals surface area contributed by atoms with Crippen LogP contribution in [0.2, 0.25) is 32.2 Å². The molecule has 0 aromatic heterocycles. The Balaban J connectivity index is 1.67. The van der Waals surface area contributed by atoms with E-state index in [1.807, 2.05) is 0 Å². The Hall–Kier alpha value is 0.668. The maximum absolute atomic E-state index is 6.28. The van der Waals surface area contributed by atoms with Crippen molar-refractivity contribution in [2.24, 2.45) is 5.92 Å². The van der Waals surface area contributed by atoms with Gasteiger partial charge in [0.15, 0.2) is 0 Å². The van der Waals surface area contributed by atoms with Gasteiger partial charge in [0, 0.05) is 13.2 Å². The normalized spacial score (nSPS) is 37.3.